The number of methoxy groups -OCH3 is 1. The molecule has 2 N–H and O–H groups in total. The van der Waals surface area contributed by atoms with E-state index >= 15 is 0 Å². The Morgan fingerprint density at radius 1 is 1.24 bits per heavy atom. The molecule has 25 heavy (non-hydrogen) atoms. The van der Waals surface area contributed by atoms with Gasteiger partial charge in [0, 0.05) is 18.0 Å². The summed E-state index contributed by atoms with van der Waals surface area (Å²) in [5.41, 5.74) is 1.57. The van der Waals surface area contributed by atoms with E-state index in [-0.39, 0.29) is 5.91 Å². The van der Waals surface area contributed by atoms with E-state index in [2.05, 4.69) is 10.6 Å². The zero-order valence-corrected chi connectivity index (χ0v) is 15.5. The van der Waals surface area contributed by atoms with Crippen LogP contribution in [0, 0.1) is 0 Å². The zero-order chi connectivity index (χ0) is 17.2. The Labute approximate surface area is 152 Å². The minimum atomic E-state index is -0.0255. The van der Waals surface area contributed by atoms with E-state index in [1.54, 1.807) is 18.4 Å². The molecule has 1 saturated carbocycles. The number of piperidine rings is 1. The van der Waals surface area contributed by atoms with Crippen molar-refractivity contribution >= 4 is 27.5 Å². The van der Waals surface area contributed by atoms with E-state index in [9.17, 15) is 4.79 Å². The molecular formula is C19H25N3O2S. The lowest BCUT2D eigenvalue weighted by molar-refractivity contribution is 0.0935. The second kappa shape index (κ2) is 7.30. The van der Waals surface area contributed by atoms with Crippen molar-refractivity contribution in [2.24, 2.45) is 0 Å². The van der Waals surface area contributed by atoms with Crippen molar-refractivity contribution in [3.8, 4) is 5.75 Å². The van der Waals surface area contributed by atoms with Gasteiger partial charge in [-0.05, 0) is 44.8 Å². The SMILES string of the molecule is COc1cc2nc(C3CCNCC3)sc2cc1C(=O)NC1CCCC1. The third-order valence-electron chi connectivity index (χ3n) is 5.35. The first-order valence-electron chi connectivity index (χ1n) is 9.24. The number of carbonyl (C=O) groups is 1. The van der Waals surface area contributed by atoms with Gasteiger partial charge in [0.1, 0.15) is 5.75 Å². The number of hydrogen-bond acceptors (Lipinski definition) is 5. The standard InChI is InChI=1S/C19H25N3O2S/c1-24-16-11-15-17(25-19(22-15)12-6-8-20-9-7-12)10-14(16)18(23)21-13-4-2-3-5-13/h10-13,20H,2-9H2,1H3,(H,21,23). The van der Waals surface area contributed by atoms with Crippen LogP contribution in [0.2, 0.25) is 0 Å². The molecule has 2 aliphatic rings. The summed E-state index contributed by atoms with van der Waals surface area (Å²) in [5.74, 6) is 1.12. The number of fused-ring (bicyclic) bond motifs is 1. The fourth-order valence-corrected chi connectivity index (χ4v) is 5.05. The number of aromatic nitrogens is 1. The van der Waals surface area contributed by atoms with Crippen LogP contribution in [0.3, 0.4) is 0 Å². The molecule has 0 atom stereocenters. The predicted octanol–water partition coefficient (Wildman–Crippen LogP) is 3.44. The maximum atomic E-state index is 12.7. The zero-order valence-electron chi connectivity index (χ0n) is 14.6. The Hall–Kier alpha value is -1.66. The maximum Gasteiger partial charge on any atom is 0.255 e. The summed E-state index contributed by atoms with van der Waals surface area (Å²) in [6.07, 6.45) is 6.83. The average Bonchev–Trinajstić information content (AvgIpc) is 3.30. The summed E-state index contributed by atoms with van der Waals surface area (Å²) in [6, 6.07) is 4.18. The summed E-state index contributed by atoms with van der Waals surface area (Å²) < 4.78 is 6.56. The smallest absolute Gasteiger partial charge is 0.255 e. The van der Waals surface area contributed by atoms with Gasteiger partial charge in [0.25, 0.3) is 5.91 Å². The highest BCUT2D eigenvalue weighted by Crippen LogP contribution is 2.35. The predicted molar refractivity (Wildman–Crippen MR) is 101 cm³/mol. The lowest BCUT2D eigenvalue weighted by Crippen LogP contribution is -2.32. The molecule has 1 amide bonds. The molecule has 4 rings (SSSR count). The molecule has 0 bridgehead atoms. The molecule has 1 saturated heterocycles. The summed E-state index contributed by atoms with van der Waals surface area (Å²) in [4.78, 5) is 17.5. The second-order valence-corrected chi connectivity index (χ2v) is 8.11. The minimum Gasteiger partial charge on any atom is -0.496 e. The van der Waals surface area contributed by atoms with Gasteiger partial charge in [0.15, 0.2) is 0 Å². The van der Waals surface area contributed by atoms with Crippen LogP contribution in [-0.4, -0.2) is 37.1 Å². The second-order valence-electron chi connectivity index (χ2n) is 7.05. The summed E-state index contributed by atoms with van der Waals surface area (Å²) in [6.45, 7) is 2.11. The molecule has 134 valence electrons. The van der Waals surface area contributed by atoms with Crippen LogP contribution < -0.4 is 15.4 Å². The van der Waals surface area contributed by atoms with E-state index < -0.39 is 0 Å². The highest BCUT2D eigenvalue weighted by Gasteiger charge is 2.23. The number of nitrogens with one attached hydrogen (secondary N) is 2. The highest BCUT2D eigenvalue weighted by molar-refractivity contribution is 7.18. The van der Waals surface area contributed by atoms with Crippen molar-refractivity contribution in [1.82, 2.24) is 15.6 Å². The Kier molecular flexibility index (Phi) is 4.90. The molecule has 1 aliphatic heterocycles. The number of nitrogens with zero attached hydrogens (tertiary/aromatic N) is 1. The normalized spacial score (nSPS) is 19.4. The monoisotopic (exact) mass is 359 g/mol. The highest BCUT2D eigenvalue weighted by atomic mass is 32.1. The van der Waals surface area contributed by atoms with Crippen LogP contribution >= 0.6 is 11.3 Å². The lowest BCUT2D eigenvalue weighted by atomic mass is 9.99. The van der Waals surface area contributed by atoms with Crippen molar-refractivity contribution < 1.29 is 9.53 Å². The van der Waals surface area contributed by atoms with E-state index in [0.29, 0.717) is 23.3 Å². The van der Waals surface area contributed by atoms with Gasteiger partial charge >= 0.3 is 0 Å². The fraction of sp³-hybridized carbons (Fsp3) is 0.579. The third kappa shape index (κ3) is 3.51. The largest absolute Gasteiger partial charge is 0.496 e. The number of benzene rings is 1. The van der Waals surface area contributed by atoms with Gasteiger partial charge in [0.05, 0.1) is 27.9 Å². The molecule has 2 fully saturated rings. The van der Waals surface area contributed by atoms with Crippen LogP contribution in [0.4, 0.5) is 0 Å². The molecule has 1 aliphatic carbocycles. The number of ether oxygens (including phenoxy) is 1. The molecule has 0 unspecified atom stereocenters. The number of carbonyl (C=O) groups excluding carboxylic acids is 1. The van der Waals surface area contributed by atoms with E-state index in [4.69, 9.17) is 9.72 Å². The number of rotatable bonds is 4. The van der Waals surface area contributed by atoms with Crippen molar-refractivity contribution in [1.29, 1.82) is 0 Å². The molecule has 1 aromatic heterocycles. The average molecular weight is 359 g/mol. The van der Waals surface area contributed by atoms with Crippen molar-refractivity contribution in [2.75, 3.05) is 20.2 Å². The summed E-state index contributed by atoms with van der Waals surface area (Å²) in [5, 5.41) is 7.75. The van der Waals surface area contributed by atoms with Gasteiger partial charge in [-0.25, -0.2) is 4.98 Å². The van der Waals surface area contributed by atoms with E-state index in [0.717, 1.165) is 49.0 Å². The fourth-order valence-electron chi connectivity index (χ4n) is 3.90. The van der Waals surface area contributed by atoms with E-state index in [1.165, 1.54) is 17.8 Å². The molecule has 2 heterocycles. The Bertz CT molecular complexity index is 761. The Balaban J connectivity index is 1.62. The van der Waals surface area contributed by atoms with Crippen molar-refractivity contribution in [3.05, 3.63) is 22.7 Å². The van der Waals surface area contributed by atoms with Gasteiger partial charge < -0.3 is 15.4 Å². The quantitative estimate of drug-likeness (QED) is 0.878. The first-order valence-corrected chi connectivity index (χ1v) is 10.1. The van der Waals surface area contributed by atoms with Crippen LogP contribution in [-0.2, 0) is 0 Å². The minimum absolute atomic E-state index is 0.0255. The van der Waals surface area contributed by atoms with Gasteiger partial charge in [-0.3, -0.25) is 4.79 Å². The third-order valence-corrected chi connectivity index (χ3v) is 6.53. The molecule has 0 radical (unpaired) electrons. The summed E-state index contributed by atoms with van der Waals surface area (Å²) in [7, 11) is 1.62. The first kappa shape index (κ1) is 16.8. The van der Waals surface area contributed by atoms with Crippen molar-refractivity contribution in [3.63, 3.8) is 0 Å². The van der Waals surface area contributed by atoms with Crippen LogP contribution in [0.5, 0.6) is 5.75 Å². The van der Waals surface area contributed by atoms with Crippen LogP contribution in [0.1, 0.15) is 59.8 Å². The van der Waals surface area contributed by atoms with Crippen molar-refractivity contribution in [2.45, 2.75) is 50.5 Å². The van der Waals surface area contributed by atoms with Crippen LogP contribution in [0.15, 0.2) is 12.1 Å². The van der Waals surface area contributed by atoms with Crippen LogP contribution in [0.25, 0.3) is 10.2 Å². The first-order chi connectivity index (χ1) is 12.2. The topological polar surface area (TPSA) is 63.2 Å². The number of hydrogen-bond donors (Lipinski definition) is 2. The molecule has 1 aromatic carbocycles. The van der Waals surface area contributed by atoms with Gasteiger partial charge in [-0.2, -0.15) is 0 Å². The molecular weight excluding hydrogens is 334 g/mol. The van der Waals surface area contributed by atoms with Gasteiger partial charge in [-0.1, -0.05) is 12.8 Å². The number of amides is 1. The molecule has 5 nitrogen and oxygen atoms in total. The van der Waals surface area contributed by atoms with E-state index in [1.807, 2.05) is 12.1 Å². The van der Waals surface area contributed by atoms with Gasteiger partial charge in [-0.15, -0.1) is 11.3 Å². The Morgan fingerprint density at radius 3 is 2.72 bits per heavy atom. The summed E-state index contributed by atoms with van der Waals surface area (Å²) >= 11 is 1.72. The Morgan fingerprint density at radius 2 is 2.00 bits per heavy atom. The number of thiazole rings is 1. The molecule has 6 heteroatoms. The van der Waals surface area contributed by atoms with Gasteiger partial charge in [0.2, 0.25) is 0 Å². The lowest BCUT2D eigenvalue weighted by Gasteiger charge is -2.20. The maximum absolute atomic E-state index is 12.7. The molecule has 0 spiro atoms. The molecule has 2 aromatic rings.